The van der Waals surface area contributed by atoms with Crippen molar-refractivity contribution in [2.45, 2.75) is 32.7 Å². The molecular weight excluding hydrogens is 234 g/mol. The van der Waals surface area contributed by atoms with Crippen molar-refractivity contribution in [1.82, 2.24) is 5.32 Å². The molecule has 17 heavy (non-hydrogen) atoms. The topological polar surface area (TPSA) is 21.3 Å². The van der Waals surface area contributed by atoms with Crippen LogP contribution in [0.2, 0.25) is 0 Å². The Hall–Kier alpha value is -0.570. The Bertz CT molecular complexity index is 291. The zero-order valence-electron chi connectivity index (χ0n) is 10.9. The average Bonchev–Trinajstić information content (AvgIpc) is 2.30. The lowest BCUT2D eigenvalue weighted by molar-refractivity contribution is 0.192. The van der Waals surface area contributed by atoms with Crippen molar-refractivity contribution in [3.63, 3.8) is 0 Å². The van der Waals surface area contributed by atoms with E-state index in [9.17, 15) is 0 Å². The van der Waals surface area contributed by atoms with Crippen LogP contribution in [-0.2, 0) is 11.3 Å². The van der Waals surface area contributed by atoms with E-state index in [0.29, 0.717) is 0 Å². The highest BCUT2D eigenvalue weighted by molar-refractivity contribution is 5.85. The molecule has 3 heteroatoms. The number of hydrogen-bond acceptors (Lipinski definition) is 2. The van der Waals surface area contributed by atoms with Crippen LogP contribution in [0, 0.1) is 6.92 Å². The third-order valence-corrected chi connectivity index (χ3v) is 2.78. The molecule has 0 aliphatic carbocycles. The maximum Gasteiger partial charge on any atom is 0.0462 e. The molecule has 0 aromatic heterocycles. The van der Waals surface area contributed by atoms with Crippen LogP contribution in [0.1, 0.15) is 30.4 Å². The monoisotopic (exact) mass is 257 g/mol. The van der Waals surface area contributed by atoms with E-state index >= 15 is 0 Å². The maximum atomic E-state index is 5.01. The predicted molar refractivity (Wildman–Crippen MR) is 75.9 cm³/mol. The standard InChI is InChI=1S/C14H23NO.ClH/c1-13-8-4-5-9-14(13)12-15-10-6-3-7-11-16-2;/h4-5,8-9,15H,3,6-7,10-12H2,1-2H3;1H. The molecule has 0 fully saturated rings. The van der Waals surface area contributed by atoms with E-state index in [1.54, 1.807) is 7.11 Å². The first-order valence-corrected chi connectivity index (χ1v) is 6.08. The molecular formula is C14H24ClNO. The van der Waals surface area contributed by atoms with Gasteiger partial charge in [0, 0.05) is 20.3 Å². The summed E-state index contributed by atoms with van der Waals surface area (Å²) in [5, 5.41) is 3.48. The minimum atomic E-state index is 0. The van der Waals surface area contributed by atoms with Gasteiger partial charge in [0.05, 0.1) is 0 Å². The second-order valence-electron chi connectivity index (χ2n) is 4.16. The lowest BCUT2D eigenvalue weighted by Gasteiger charge is -2.07. The minimum absolute atomic E-state index is 0. The van der Waals surface area contributed by atoms with Gasteiger partial charge in [0.25, 0.3) is 0 Å². The molecule has 0 saturated heterocycles. The quantitative estimate of drug-likeness (QED) is 0.722. The molecule has 2 nitrogen and oxygen atoms in total. The SMILES string of the molecule is COCCCCCNCc1ccccc1C.Cl. The summed E-state index contributed by atoms with van der Waals surface area (Å²) in [6.07, 6.45) is 3.65. The molecule has 1 aromatic rings. The largest absolute Gasteiger partial charge is 0.385 e. The van der Waals surface area contributed by atoms with Gasteiger partial charge < -0.3 is 10.1 Å². The van der Waals surface area contributed by atoms with Crippen LogP contribution < -0.4 is 5.32 Å². The minimum Gasteiger partial charge on any atom is -0.385 e. The van der Waals surface area contributed by atoms with Gasteiger partial charge in [0.2, 0.25) is 0 Å². The second kappa shape index (κ2) is 10.6. The number of nitrogens with one attached hydrogen (secondary N) is 1. The number of unbranched alkanes of at least 4 members (excludes halogenated alkanes) is 2. The van der Waals surface area contributed by atoms with Crippen molar-refractivity contribution in [2.24, 2.45) is 0 Å². The lowest BCUT2D eigenvalue weighted by atomic mass is 10.1. The van der Waals surface area contributed by atoms with Gasteiger partial charge in [-0.15, -0.1) is 12.4 Å². The summed E-state index contributed by atoms with van der Waals surface area (Å²) in [5.41, 5.74) is 2.77. The lowest BCUT2D eigenvalue weighted by Crippen LogP contribution is -2.15. The molecule has 0 unspecified atom stereocenters. The third kappa shape index (κ3) is 7.37. The van der Waals surface area contributed by atoms with E-state index in [-0.39, 0.29) is 12.4 Å². The highest BCUT2D eigenvalue weighted by Crippen LogP contribution is 2.06. The summed E-state index contributed by atoms with van der Waals surface area (Å²) in [5.74, 6) is 0. The van der Waals surface area contributed by atoms with Crippen LogP contribution in [0.25, 0.3) is 0 Å². The van der Waals surface area contributed by atoms with Gasteiger partial charge in [0.15, 0.2) is 0 Å². The normalized spacial score (nSPS) is 10.0. The number of hydrogen-bond donors (Lipinski definition) is 1. The zero-order chi connectivity index (χ0) is 11.6. The van der Waals surface area contributed by atoms with E-state index < -0.39 is 0 Å². The van der Waals surface area contributed by atoms with Gasteiger partial charge >= 0.3 is 0 Å². The smallest absolute Gasteiger partial charge is 0.0462 e. The van der Waals surface area contributed by atoms with Gasteiger partial charge in [-0.3, -0.25) is 0 Å². The molecule has 1 N–H and O–H groups in total. The van der Waals surface area contributed by atoms with Gasteiger partial charge in [0.1, 0.15) is 0 Å². The fourth-order valence-corrected chi connectivity index (χ4v) is 1.70. The number of ether oxygens (including phenoxy) is 1. The third-order valence-electron chi connectivity index (χ3n) is 2.78. The van der Waals surface area contributed by atoms with Crippen LogP contribution in [0.15, 0.2) is 24.3 Å². The van der Waals surface area contributed by atoms with E-state index in [4.69, 9.17) is 4.74 Å². The van der Waals surface area contributed by atoms with Gasteiger partial charge in [-0.05, 0) is 43.9 Å². The molecule has 0 bridgehead atoms. The first-order valence-electron chi connectivity index (χ1n) is 6.08. The Morgan fingerprint density at radius 1 is 1.12 bits per heavy atom. The number of benzene rings is 1. The van der Waals surface area contributed by atoms with Crippen LogP contribution in [0.4, 0.5) is 0 Å². The van der Waals surface area contributed by atoms with Crippen molar-refractivity contribution >= 4 is 12.4 Å². The van der Waals surface area contributed by atoms with E-state index in [1.165, 1.54) is 30.4 Å². The number of aryl methyl sites for hydroxylation is 1. The number of methoxy groups -OCH3 is 1. The Balaban J connectivity index is 0.00000256. The van der Waals surface area contributed by atoms with Crippen LogP contribution in [-0.4, -0.2) is 20.3 Å². The first-order chi connectivity index (χ1) is 7.84. The highest BCUT2D eigenvalue weighted by atomic mass is 35.5. The van der Waals surface area contributed by atoms with Gasteiger partial charge in [-0.2, -0.15) is 0 Å². The zero-order valence-corrected chi connectivity index (χ0v) is 11.7. The molecule has 0 radical (unpaired) electrons. The Labute approximate surface area is 111 Å². The van der Waals surface area contributed by atoms with Gasteiger partial charge in [-0.1, -0.05) is 24.3 Å². The molecule has 98 valence electrons. The van der Waals surface area contributed by atoms with Gasteiger partial charge in [-0.25, -0.2) is 0 Å². The van der Waals surface area contributed by atoms with E-state index in [1.807, 2.05) is 0 Å². The van der Waals surface area contributed by atoms with Crippen molar-refractivity contribution in [3.8, 4) is 0 Å². The maximum absolute atomic E-state index is 5.01. The number of rotatable bonds is 8. The summed E-state index contributed by atoms with van der Waals surface area (Å²) in [7, 11) is 1.76. The van der Waals surface area contributed by atoms with Crippen molar-refractivity contribution < 1.29 is 4.74 Å². The summed E-state index contributed by atoms with van der Waals surface area (Å²) in [6.45, 7) is 5.13. The predicted octanol–water partition coefficient (Wildman–Crippen LogP) is 3.32. The highest BCUT2D eigenvalue weighted by Gasteiger charge is 1.95. The molecule has 0 spiro atoms. The van der Waals surface area contributed by atoms with E-state index in [2.05, 4.69) is 36.5 Å². The summed E-state index contributed by atoms with van der Waals surface area (Å²) in [6, 6.07) is 8.54. The molecule has 0 heterocycles. The van der Waals surface area contributed by atoms with Crippen LogP contribution in [0.3, 0.4) is 0 Å². The first kappa shape index (κ1) is 16.4. The fourth-order valence-electron chi connectivity index (χ4n) is 1.70. The summed E-state index contributed by atoms with van der Waals surface area (Å²) >= 11 is 0. The Kier molecular flexibility index (Phi) is 10.2. The molecule has 0 aliphatic rings. The summed E-state index contributed by atoms with van der Waals surface area (Å²) < 4.78 is 5.01. The van der Waals surface area contributed by atoms with Crippen molar-refractivity contribution in [2.75, 3.05) is 20.3 Å². The second-order valence-corrected chi connectivity index (χ2v) is 4.16. The molecule has 0 atom stereocenters. The number of halogens is 1. The van der Waals surface area contributed by atoms with Crippen LogP contribution in [0.5, 0.6) is 0 Å². The van der Waals surface area contributed by atoms with Crippen molar-refractivity contribution in [3.05, 3.63) is 35.4 Å². The molecule has 0 saturated carbocycles. The Morgan fingerprint density at radius 2 is 1.88 bits per heavy atom. The Morgan fingerprint density at radius 3 is 2.59 bits per heavy atom. The molecule has 0 amide bonds. The fraction of sp³-hybridized carbons (Fsp3) is 0.571. The van der Waals surface area contributed by atoms with Crippen LogP contribution >= 0.6 is 12.4 Å². The molecule has 1 rings (SSSR count). The van der Waals surface area contributed by atoms with E-state index in [0.717, 1.165) is 19.7 Å². The molecule has 0 aliphatic heterocycles. The average molecular weight is 258 g/mol. The van der Waals surface area contributed by atoms with Crippen molar-refractivity contribution in [1.29, 1.82) is 0 Å². The molecule has 1 aromatic carbocycles. The summed E-state index contributed by atoms with van der Waals surface area (Å²) in [4.78, 5) is 0.